The van der Waals surface area contributed by atoms with Crippen LogP contribution in [0.25, 0.3) is 28.0 Å². The van der Waals surface area contributed by atoms with E-state index >= 15 is 0 Å². The maximum atomic E-state index is 12.8. The summed E-state index contributed by atoms with van der Waals surface area (Å²) in [5.41, 5.74) is 4.58. The van der Waals surface area contributed by atoms with Crippen molar-refractivity contribution in [2.24, 2.45) is 0 Å². The number of benzene rings is 1. The van der Waals surface area contributed by atoms with Gasteiger partial charge in [-0.05, 0) is 43.0 Å². The molecule has 1 atom stereocenters. The van der Waals surface area contributed by atoms with Gasteiger partial charge < -0.3 is 5.11 Å². The van der Waals surface area contributed by atoms with E-state index in [9.17, 15) is 14.7 Å². The van der Waals surface area contributed by atoms with Crippen molar-refractivity contribution in [1.29, 1.82) is 0 Å². The van der Waals surface area contributed by atoms with E-state index in [1.165, 1.54) is 16.8 Å². The monoisotopic (exact) mass is 426 g/mol. The van der Waals surface area contributed by atoms with Crippen molar-refractivity contribution in [3.8, 4) is 22.5 Å². The van der Waals surface area contributed by atoms with Gasteiger partial charge in [-0.15, -0.1) is 0 Å². The molecule has 0 radical (unpaired) electrons. The predicted molar refractivity (Wildman–Crippen MR) is 121 cm³/mol. The van der Waals surface area contributed by atoms with Crippen molar-refractivity contribution in [2.45, 2.75) is 31.7 Å². The molecule has 1 saturated carbocycles. The van der Waals surface area contributed by atoms with E-state index in [4.69, 9.17) is 10.2 Å². The molecular formula is C25H22N4O3. The number of fused-ring (bicyclic) bond motifs is 1. The van der Waals surface area contributed by atoms with Crippen LogP contribution in [0.15, 0.2) is 83.3 Å². The third kappa shape index (κ3) is 3.62. The number of hydrogen-bond donors (Lipinski definition) is 1. The smallest absolute Gasteiger partial charge is 0.328 e. The summed E-state index contributed by atoms with van der Waals surface area (Å²) in [6.45, 7) is 0. The lowest BCUT2D eigenvalue weighted by Gasteiger charge is -2.26. The van der Waals surface area contributed by atoms with Crippen molar-refractivity contribution in [3.05, 3.63) is 88.9 Å². The fourth-order valence-electron chi connectivity index (χ4n) is 4.46. The van der Waals surface area contributed by atoms with Crippen molar-refractivity contribution >= 4 is 11.5 Å². The Morgan fingerprint density at radius 1 is 1.00 bits per heavy atom. The van der Waals surface area contributed by atoms with Crippen LogP contribution in [0.1, 0.15) is 31.7 Å². The molecule has 1 aliphatic rings. The van der Waals surface area contributed by atoms with Crippen LogP contribution in [-0.4, -0.2) is 30.5 Å². The van der Waals surface area contributed by atoms with E-state index < -0.39 is 5.97 Å². The molecule has 0 amide bonds. The Kier molecular flexibility index (Phi) is 5.15. The molecule has 1 aromatic carbocycles. The Balaban J connectivity index is 1.71. The Morgan fingerprint density at radius 3 is 2.62 bits per heavy atom. The fourth-order valence-corrected chi connectivity index (χ4v) is 4.46. The minimum absolute atomic E-state index is 0.241. The van der Waals surface area contributed by atoms with E-state index in [1.807, 2.05) is 59.2 Å². The van der Waals surface area contributed by atoms with Crippen LogP contribution in [-0.2, 0) is 4.79 Å². The highest BCUT2D eigenvalue weighted by Crippen LogP contribution is 2.35. The molecule has 7 nitrogen and oxygen atoms in total. The number of hydrogen-bond acceptors (Lipinski definition) is 4. The molecule has 3 heterocycles. The minimum atomic E-state index is -0.995. The number of aromatic nitrogens is 4. The van der Waals surface area contributed by atoms with Gasteiger partial charge in [-0.2, -0.15) is 10.2 Å². The lowest BCUT2D eigenvalue weighted by atomic mass is 9.89. The quantitative estimate of drug-likeness (QED) is 0.490. The minimum Gasteiger partial charge on any atom is -0.478 e. The molecule has 1 N–H and O–H groups in total. The van der Waals surface area contributed by atoms with Crippen LogP contribution in [0.5, 0.6) is 0 Å². The number of aliphatic carboxylic acids is 1. The molecular weight excluding hydrogens is 404 g/mol. The first kappa shape index (κ1) is 19.9. The van der Waals surface area contributed by atoms with Crippen LogP contribution < -0.4 is 5.56 Å². The van der Waals surface area contributed by atoms with E-state index in [2.05, 4.69) is 0 Å². The van der Waals surface area contributed by atoms with Gasteiger partial charge in [-0.1, -0.05) is 42.8 Å². The van der Waals surface area contributed by atoms with Gasteiger partial charge in [0.05, 0.1) is 22.8 Å². The van der Waals surface area contributed by atoms with Crippen LogP contribution in [0.3, 0.4) is 0 Å². The van der Waals surface area contributed by atoms with E-state index in [-0.39, 0.29) is 11.6 Å². The summed E-state index contributed by atoms with van der Waals surface area (Å²) in [5.74, 6) is -0.995. The first-order valence-corrected chi connectivity index (χ1v) is 10.7. The zero-order valence-electron chi connectivity index (χ0n) is 17.4. The molecule has 0 spiro atoms. The molecule has 1 unspecified atom stereocenters. The Morgan fingerprint density at radius 2 is 1.81 bits per heavy atom. The predicted octanol–water partition coefficient (Wildman–Crippen LogP) is 4.35. The second-order valence-corrected chi connectivity index (χ2v) is 7.94. The van der Waals surface area contributed by atoms with Crippen molar-refractivity contribution < 1.29 is 9.90 Å². The number of pyridine rings is 1. The first-order chi connectivity index (χ1) is 15.6. The fraction of sp³-hybridized carbons (Fsp3) is 0.200. The molecule has 0 saturated heterocycles. The molecule has 1 fully saturated rings. The number of rotatable bonds is 4. The molecule has 7 heteroatoms. The second kappa shape index (κ2) is 8.26. The zero-order valence-corrected chi connectivity index (χ0v) is 17.4. The third-order valence-corrected chi connectivity index (χ3v) is 5.89. The third-order valence-electron chi connectivity index (χ3n) is 5.89. The van der Waals surface area contributed by atoms with E-state index in [0.29, 0.717) is 18.5 Å². The highest BCUT2D eigenvalue weighted by atomic mass is 16.4. The Hall–Kier alpha value is -4.00. The van der Waals surface area contributed by atoms with Crippen molar-refractivity contribution in [1.82, 2.24) is 19.4 Å². The average molecular weight is 426 g/mol. The maximum Gasteiger partial charge on any atom is 0.328 e. The maximum absolute atomic E-state index is 12.8. The molecule has 5 rings (SSSR count). The second-order valence-electron chi connectivity index (χ2n) is 7.94. The number of carboxylic acids is 1. The van der Waals surface area contributed by atoms with Crippen molar-refractivity contribution in [2.75, 3.05) is 0 Å². The summed E-state index contributed by atoms with van der Waals surface area (Å²) in [6.07, 6.45) is 6.30. The molecule has 32 heavy (non-hydrogen) atoms. The summed E-state index contributed by atoms with van der Waals surface area (Å²) < 4.78 is 3.26. The normalized spacial score (nSPS) is 17.6. The first-order valence-electron chi connectivity index (χ1n) is 10.7. The van der Waals surface area contributed by atoms with Gasteiger partial charge in [0.15, 0.2) is 0 Å². The van der Waals surface area contributed by atoms with Gasteiger partial charge in [0.2, 0.25) is 0 Å². The van der Waals surface area contributed by atoms with Crippen LogP contribution in [0, 0.1) is 0 Å². The number of carbonyl (C=O) groups is 1. The van der Waals surface area contributed by atoms with Gasteiger partial charge in [0, 0.05) is 23.9 Å². The number of nitrogens with zero attached hydrogens (tertiary/aromatic N) is 4. The molecule has 3 aromatic heterocycles. The van der Waals surface area contributed by atoms with Crippen LogP contribution in [0.4, 0.5) is 0 Å². The van der Waals surface area contributed by atoms with Crippen molar-refractivity contribution in [3.63, 3.8) is 0 Å². The summed E-state index contributed by atoms with van der Waals surface area (Å²) in [6, 6.07) is 18.6. The topological polar surface area (TPSA) is 89.5 Å². The molecule has 160 valence electrons. The highest BCUT2D eigenvalue weighted by Gasteiger charge is 2.25. The van der Waals surface area contributed by atoms with E-state index in [0.717, 1.165) is 40.8 Å². The molecule has 0 bridgehead atoms. The van der Waals surface area contributed by atoms with Gasteiger partial charge in [0.1, 0.15) is 5.69 Å². The van der Waals surface area contributed by atoms with Gasteiger partial charge >= 0.3 is 5.97 Å². The van der Waals surface area contributed by atoms with Gasteiger partial charge in [-0.3, -0.25) is 4.79 Å². The molecule has 0 aliphatic heterocycles. The average Bonchev–Trinajstić information content (AvgIpc) is 3.20. The summed E-state index contributed by atoms with van der Waals surface area (Å²) in [7, 11) is 0. The lowest BCUT2D eigenvalue weighted by molar-refractivity contribution is -0.131. The van der Waals surface area contributed by atoms with Crippen LogP contribution in [0.2, 0.25) is 0 Å². The summed E-state index contributed by atoms with van der Waals surface area (Å²) in [4.78, 5) is 24.1. The Labute approximate surface area is 184 Å². The summed E-state index contributed by atoms with van der Waals surface area (Å²) in [5, 5.41) is 18.8. The largest absolute Gasteiger partial charge is 0.478 e. The number of allylic oxidation sites excluding steroid dienone is 1. The number of carboxylic acid groups (broad SMARTS) is 1. The molecule has 4 aromatic rings. The zero-order chi connectivity index (χ0) is 22.1. The lowest BCUT2D eigenvalue weighted by Crippen LogP contribution is -2.30. The van der Waals surface area contributed by atoms with E-state index in [1.54, 1.807) is 6.07 Å². The Bertz CT molecular complexity index is 1390. The SMILES string of the molecule is O=C(O)/C=C1\CCCCC1n1nc(-c2c(-c3ccccc3)nn3ccccc23)ccc1=O. The highest BCUT2D eigenvalue weighted by molar-refractivity contribution is 5.90. The van der Waals surface area contributed by atoms with Gasteiger partial charge in [-0.25, -0.2) is 14.0 Å². The standard InChI is InChI=1S/C25H22N4O3/c30-22-14-13-19(26-29(22)20-11-5-4-10-18(20)16-23(31)32)24-21-12-6-7-15-28(21)27-25(24)17-8-2-1-3-9-17/h1-3,6-9,12-16,20H,4-5,10-11H2,(H,31,32)/b18-16+. The van der Waals surface area contributed by atoms with Gasteiger partial charge in [0.25, 0.3) is 5.56 Å². The van der Waals surface area contributed by atoms with Crippen LogP contribution >= 0.6 is 0 Å². The molecule has 1 aliphatic carbocycles. The summed E-state index contributed by atoms with van der Waals surface area (Å²) >= 11 is 0.